The van der Waals surface area contributed by atoms with Crippen molar-refractivity contribution in [3.05, 3.63) is 119 Å². The van der Waals surface area contributed by atoms with E-state index in [1.807, 2.05) is 36.4 Å². The summed E-state index contributed by atoms with van der Waals surface area (Å²) in [5.74, 6) is 2.43. The van der Waals surface area contributed by atoms with Gasteiger partial charge in [-0.05, 0) is 90.8 Å². The highest BCUT2D eigenvalue weighted by molar-refractivity contribution is 6.36. The zero-order valence-electron chi connectivity index (χ0n) is 28.0. The standard InChI is InChI=1S/C41H36Cl2N2O4/c1-41-23-29(49-5)11-17-40(41)45(39-16-10-28(48-4)22-34(39)41)25-7-13-31(36(43)19-25)30-12-6-24(18-35(30)42)44-37-14-8-26(46-2)20-32(37)33-21-27(47-3)9-15-38(33)44/h6-22,29,40H,23H2,1-5H3. The molecule has 8 rings (SSSR count). The van der Waals surface area contributed by atoms with Crippen molar-refractivity contribution in [3.8, 4) is 34.1 Å². The second-order valence-electron chi connectivity index (χ2n) is 12.9. The van der Waals surface area contributed by atoms with E-state index in [4.69, 9.17) is 42.1 Å². The first-order valence-corrected chi connectivity index (χ1v) is 17.0. The molecule has 0 N–H and O–H groups in total. The van der Waals surface area contributed by atoms with Crippen LogP contribution in [0.3, 0.4) is 0 Å². The van der Waals surface area contributed by atoms with Crippen LogP contribution in [0.4, 0.5) is 11.4 Å². The zero-order valence-corrected chi connectivity index (χ0v) is 29.5. The van der Waals surface area contributed by atoms with Crippen molar-refractivity contribution in [3.63, 3.8) is 0 Å². The number of ether oxygens (including phenoxy) is 4. The number of aromatic nitrogens is 1. The average molecular weight is 692 g/mol. The molecule has 0 spiro atoms. The molecule has 1 aliphatic carbocycles. The summed E-state index contributed by atoms with van der Waals surface area (Å²) < 4.78 is 24.7. The van der Waals surface area contributed by atoms with Gasteiger partial charge in [0, 0.05) is 51.5 Å². The smallest absolute Gasteiger partial charge is 0.119 e. The molecule has 0 bridgehead atoms. The Morgan fingerprint density at radius 2 is 1.18 bits per heavy atom. The fourth-order valence-electron chi connectivity index (χ4n) is 7.86. The number of benzene rings is 5. The molecule has 2 aliphatic rings. The molecule has 6 nitrogen and oxygen atoms in total. The first kappa shape index (κ1) is 31.6. The van der Waals surface area contributed by atoms with Crippen LogP contribution in [0.1, 0.15) is 18.9 Å². The van der Waals surface area contributed by atoms with Crippen molar-refractivity contribution in [2.24, 2.45) is 0 Å². The number of fused-ring (bicyclic) bond motifs is 6. The summed E-state index contributed by atoms with van der Waals surface area (Å²) in [6.07, 6.45) is 5.35. The second-order valence-corrected chi connectivity index (χ2v) is 13.7. The maximum atomic E-state index is 7.12. The van der Waals surface area contributed by atoms with Gasteiger partial charge >= 0.3 is 0 Å². The third-order valence-corrected chi connectivity index (χ3v) is 11.0. The fraction of sp³-hybridized carbons (Fsp3) is 0.220. The SMILES string of the molecule is COc1ccc2c(c1)C1(C)CC(OC)C=CC1N2c1ccc(-c2ccc(-n3c4ccc(OC)cc4c4cc(OC)ccc43)cc2Cl)c(Cl)c1. The van der Waals surface area contributed by atoms with Crippen molar-refractivity contribution in [2.75, 3.05) is 33.3 Å². The van der Waals surface area contributed by atoms with Crippen molar-refractivity contribution in [1.82, 2.24) is 4.57 Å². The summed E-state index contributed by atoms with van der Waals surface area (Å²) in [5, 5.41) is 3.36. The largest absolute Gasteiger partial charge is 0.497 e. The van der Waals surface area contributed by atoms with Crippen LogP contribution in [0.15, 0.2) is 103 Å². The minimum Gasteiger partial charge on any atom is -0.497 e. The maximum absolute atomic E-state index is 7.12. The molecule has 3 unspecified atom stereocenters. The van der Waals surface area contributed by atoms with Gasteiger partial charge in [-0.2, -0.15) is 0 Å². The van der Waals surface area contributed by atoms with Gasteiger partial charge in [0.05, 0.1) is 54.6 Å². The van der Waals surface area contributed by atoms with E-state index < -0.39 is 0 Å². The number of nitrogens with zero attached hydrogens (tertiary/aromatic N) is 2. The molecule has 1 aromatic heterocycles. The topological polar surface area (TPSA) is 45.1 Å². The van der Waals surface area contributed by atoms with E-state index in [1.54, 1.807) is 28.4 Å². The van der Waals surface area contributed by atoms with Gasteiger partial charge in [-0.25, -0.2) is 0 Å². The Morgan fingerprint density at radius 3 is 1.76 bits per heavy atom. The van der Waals surface area contributed by atoms with E-state index in [0.717, 1.165) is 73.7 Å². The van der Waals surface area contributed by atoms with Crippen molar-refractivity contribution in [1.29, 1.82) is 0 Å². The first-order chi connectivity index (χ1) is 23.8. The summed E-state index contributed by atoms with van der Waals surface area (Å²) in [5.41, 5.74) is 7.98. The van der Waals surface area contributed by atoms with Crippen molar-refractivity contribution in [2.45, 2.75) is 30.9 Å². The Balaban J connectivity index is 1.19. The highest BCUT2D eigenvalue weighted by Gasteiger charge is 2.50. The van der Waals surface area contributed by atoms with Crippen LogP contribution >= 0.6 is 23.2 Å². The van der Waals surface area contributed by atoms with Crippen LogP contribution in [-0.4, -0.2) is 45.2 Å². The molecule has 2 heterocycles. The fourth-order valence-corrected chi connectivity index (χ4v) is 8.41. The molecule has 49 heavy (non-hydrogen) atoms. The zero-order chi connectivity index (χ0) is 34.0. The molecule has 6 aromatic rings. The van der Waals surface area contributed by atoms with E-state index >= 15 is 0 Å². The van der Waals surface area contributed by atoms with E-state index in [-0.39, 0.29) is 17.6 Å². The number of hydrogen-bond acceptors (Lipinski definition) is 5. The van der Waals surface area contributed by atoms with Crippen LogP contribution in [0, 0.1) is 0 Å². The molecule has 0 radical (unpaired) electrons. The number of rotatable bonds is 7. The maximum Gasteiger partial charge on any atom is 0.119 e. The van der Waals surface area contributed by atoms with Gasteiger partial charge in [-0.3, -0.25) is 0 Å². The highest BCUT2D eigenvalue weighted by atomic mass is 35.5. The first-order valence-electron chi connectivity index (χ1n) is 16.2. The third kappa shape index (κ3) is 4.96. The van der Waals surface area contributed by atoms with E-state index in [1.165, 1.54) is 5.56 Å². The summed E-state index contributed by atoms with van der Waals surface area (Å²) in [4.78, 5) is 2.38. The molecule has 0 fully saturated rings. The summed E-state index contributed by atoms with van der Waals surface area (Å²) in [6, 6.07) is 31.0. The minimum absolute atomic E-state index is 0.0458. The second kappa shape index (κ2) is 12.1. The van der Waals surface area contributed by atoms with Crippen LogP contribution in [0.2, 0.25) is 10.0 Å². The number of anilines is 2. The molecule has 0 saturated heterocycles. The lowest BCUT2D eigenvalue weighted by molar-refractivity contribution is 0.103. The van der Waals surface area contributed by atoms with E-state index in [0.29, 0.717) is 10.0 Å². The molecule has 0 amide bonds. The van der Waals surface area contributed by atoms with Crippen LogP contribution in [0.5, 0.6) is 17.2 Å². The monoisotopic (exact) mass is 690 g/mol. The molecule has 8 heteroatoms. The Labute approximate surface area is 296 Å². The van der Waals surface area contributed by atoms with E-state index in [9.17, 15) is 0 Å². The Kier molecular flexibility index (Phi) is 7.79. The van der Waals surface area contributed by atoms with Gasteiger partial charge in [0.15, 0.2) is 0 Å². The van der Waals surface area contributed by atoms with Crippen LogP contribution in [-0.2, 0) is 10.2 Å². The van der Waals surface area contributed by atoms with Gasteiger partial charge < -0.3 is 28.4 Å². The molecular weight excluding hydrogens is 655 g/mol. The lowest BCUT2D eigenvalue weighted by Gasteiger charge is -2.39. The predicted molar refractivity (Wildman–Crippen MR) is 200 cm³/mol. The van der Waals surface area contributed by atoms with Crippen molar-refractivity contribution >= 4 is 56.4 Å². The molecule has 0 saturated carbocycles. The predicted octanol–water partition coefficient (Wildman–Crippen LogP) is 10.5. The lowest BCUT2D eigenvalue weighted by atomic mass is 9.71. The summed E-state index contributed by atoms with van der Waals surface area (Å²) >= 11 is 14.2. The number of halogens is 2. The Hall–Kier alpha value is -4.62. The quantitative estimate of drug-likeness (QED) is 0.156. The van der Waals surface area contributed by atoms with Gasteiger partial charge in [0.25, 0.3) is 0 Å². The van der Waals surface area contributed by atoms with Gasteiger partial charge in [-0.1, -0.05) is 54.4 Å². The van der Waals surface area contributed by atoms with Gasteiger partial charge in [0.2, 0.25) is 0 Å². The van der Waals surface area contributed by atoms with E-state index in [2.05, 4.69) is 83.1 Å². The molecule has 248 valence electrons. The minimum atomic E-state index is -0.174. The normalized spacial score (nSPS) is 19.7. The molecule has 1 aliphatic heterocycles. The summed E-state index contributed by atoms with van der Waals surface area (Å²) in [7, 11) is 6.84. The Bertz CT molecular complexity index is 2230. The van der Waals surface area contributed by atoms with Crippen molar-refractivity contribution < 1.29 is 18.9 Å². The average Bonchev–Trinajstić information content (AvgIpc) is 3.59. The number of hydrogen-bond donors (Lipinski definition) is 0. The molecular formula is C41H36Cl2N2O4. The number of methoxy groups -OCH3 is 4. The lowest BCUT2D eigenvalue weighted by Crippen LogP contribution is -2.44. The van der Waals surface area contributed by atoms with Crippen LogP contribution < -0.4 is 19.1 Å². The van der Waals surface area contributed by atoms with Gasteiger partial charge in [0.1, 0.15) is 17.2 Å². The highest BCUT2D eigenvalue weighted by Crippen LogP contribution is 2.54. The van der Waals surface area contributed by atoms with Crippen LogP contribution in [0.25, 0.3) is 38.6 Å². The molecule has 5 aromatic carbocycles. The molecule has 3 atom stereocenters. The summed E-state index contributed by atoms with van der Waals surface area (Å²) in [6.45, 7) is 2.31. The third-order valence-electron chi connectivity index (χ3n) is 10.4. The Morgan fingerprint density at radius 1 is 0.633 bits per heavy atom. The van der Waals surface area contributed by atoms with Gasteiger partial charge in [-0.15, -0.1) is 0 Å².